The van der Waals surface area contributed by atoms with Crippen LogP contribution >= 0.6 is 0 Å². The first-order chi connectivity index (χ1) is 11.1. The van der Waals surface area contributed by atoms with E-state index in [0.717, 1.165) is 0 Å². The third-order valence-electron chi connectivity index (χ3n) is 3.32. The molecule has 116 valence electrons. The largest absolute Gasteiger partial charge is 0.755 e. The first kappa shape index (κ1) is 15.1. The molecule has 3 aromatic rings. The molecule has 23 heavy (non-hydrogen) atoms. The maximum atomic E-state index is 12.1. The van der Waals surface area contributed by atoms with E-state index in [1.807, 2.05) is 6.07 Å². The Bertz CT molecular complexity index is 965. The van der Waals surface area contributed by atoms with E-state index in [1.165, 1.54) is 12.1 Å². The van der Waals surface area contributed by atoms with Crippen LogP contribution in [-0.4, -0.2) is 15.0 Å². The lowest BCUT2D eigenvalue weighted by Gasteiger charge is -2.11. The van der Waals surface area contributed by atoms with Crippen molar-refractivity contribution in [1.29, 1.82) is 0 Å². The number of fused-ring (bicyclic) bond motifs is 1. The number of benzene rings is 2. The van der Waals surface area contributed by atoms with Crippen LogP contribution in [0.5, 0.6) is 0 Å². The van der Waals surface area contributed by atoms with Gasteiger partial charge in [-0.05, 0) is 17.7 Å². The number of carbonyl (C=O) groups is 1. The number of anilines is 1. The van der Waals surface area contributed by atoms with Crippen LogP contribution in [0, 0.1) is 0 Å². The van der Waals surface area contributed by atoms with Gasteiger partial charge in [-0.25, -0.2) is 4.79 Å². The van der Waals surface area contributed by atoms with Gasteiger partial charge in [0.05, 0.1) is 0 Å². The fraction of sp³-hybridized carbons (Fsp3) is 0. The lowest BCUT2D eigenvalue weighted by atomic mass is 9.97. The van der Waals surface area contributed by atoms with Crippen LogP contribution in [0.15, 0.2) is 57.7 Å². The van der Waals surface area contributed by atoms with Gasteiger partial charge in [0.2, 0.25) is 0 Å². The monoisotopic (exact) mass is 328 g/mol. The topological polar surface area (TPSA) is 99.4 Å². The Balaban J connectivity index is 2.34. The van der Waals surface area contributed by atoms with Gasteiger partial charge in [0.1, 0.15) is 11.1 Å². The van der Waals surface area contributed by atoms with Gasteiger partial charge in [0, 0.05) is 34.0 Å². The van der Waals surface area contributed by atoms with Crippen molar-refractivity contribution < 1.29 is 18.0 Å². The highest BCUT2D eigenvalue weighted by molar-refractivity contribution is 7.80. The summed E-state index contributed by atoms with van der Waals surface area (Å²) in [4.78, 5) is 23.4. The van der Waals surface area contributed by atoms with Gasteiger partial charge in [-0.15, -0.1) is 0 Å². The standard InChI is InChI=1S/C16H11NO5S/c18-9-13-15(10-4-2-1-3-5-10)12-7-6-11(17-23(20)21)8-14(12)22-16(13)19/h1-9,17H,(H,20,21)/p-1. The Kier molecular flexibility index (Phi) is 4.05. The molecule has 0 spiro atoms. The minimum atomic E-state index is -2.49. The van der Waals surface area contributed by atoms with E-state index in [0.29, 0.717) is 22.8 Å². The van der Waals surface area contributed by atoms with E-state index in [1.54, 1.807) is 30.3 Å². The summed E-state index contributed by atoms with van der Waals surface area (Å²) in [6.45, 7) is 0. The summed E-state index contributed by atoms with van der Waals surface area (Å²) in [6, 6.07) is 13.5. The summed E-state index contributed by atoms with van der Waals surface area (Å²) >= 11 is -2.49. The summed E-state index contributed by atoms with van der Waals surface area (Å²) in [6.07, 6.45) is 0.465. The molecule has 2 aromatic carbocycles. The van der Waals surface area contributed by atoms with Crippen molar-refractivity contribution in [1.82, 2.24) is 0 Å². The number of aldehydes is 1. The Morgan fingerprint density at radius 3 is 2.52 bits per heavy atom. The Morgan fingerprint density at radius 1 is 1.13 bits per heavy atom. The quantitative estimate of drug-likeness (QED) is 0.450. The van der Waals surface area contributed by atoms with Gasteiger partial charge in [0.15, 0.2) is 6.29 Å². The highest BCUT2D eigenvalue weighted by atomic mass is 32.2. The molecule has 1 heterocycles. The molecule has 0 saturated heterocycles. The molecule has 1 N–H and O–H groups in total. The van der Waals surface area contributed by atoms with Crippen molar-refractivity contribution in [3.8, 4) is 11.1 Å². The van der Waals surface area contributed by atoms with Crippen molar-refractivity contribution in [2.45, 2.75) is 0 Å². The molecule has 0 aliphatic rings. The third kappa shape index (κ3) is 2.92. The van der Waals surface area contributed by atoms with Crippen LogP contribution in [0.1, 0.15) is 10.4 Å². The van der Waals surface area contributed by atoms with Gasteiger partial charge < -0.3 is 13.7 Å². The van der Waals surface area contributed by atoms with Crippen molar-refractivity contribution >= 4 is 34.2 Å². The van der Waals surface area contributed by atoms with Crippen molar-refractivity contribution in [3.05, 3.63) is 64.5 Å². The lowest BCUT2D eigenvalue weighted by molar-refractivity contribution is 0.112. The molecule has 0 aliphatic heterocycles. The Hall–Kier alpha value is -2.77. The normalized spacial score (nSPS) is 12.0. The van der Waals surface area contributed by atoms with E-state index >= 15 is 0 Å². The number of rotatable bonds is 4. The molecule has 0 amide bonds. The van der Waals surface area contributed by atoms with Crippen molar-refractivity contribution in [3.63, 3.8) is 0 Å². The van der Waals surface area contributed by atoms with Gasteiger partial charge in [-0.2, -0.15) is 0 Å². The second-order valence-corrected chi connectivity index (χ2v) is 5.38. The number of hydrogen-bond acceptors (Lipinski definition) is 5. The summed E-state index contributed by atoms with van der Waals surface area (Å²) in [5.41, 5.74) is 0.757. The molecule has 1 unspecified atom stereocenters. The molecule has 0 saturated carbocycles. The van der Waals surface area contributed by atoms with Gasteiger partial charge in [0.25, 0.3) is 0 Å². The molecule has 0 radical (unpaired) electrons. The Labute approximate surface area is 133 Å². The van der Waals surface area contributed by atoms with Crippen LogP contribution in [0.3, 0.4) is 0 Å². The number of carbonyl (C=O) groups excluding carboxylic acids is 1. The van der Waals surface area contributed by atoms with Crippen LogP contribution < -0.4 is 10.3 Å². The molecular formula is C16H10NO5S-. The van der Waals surface area contributed by atoms with E-state index in [9.17, 15) is 18.4 Å². The molecule has 0 bridgehead atoms. The van der Waals surface area contributed by atoms with E-state index in [4.69, 9.17) is 4.42 Å². The van der Waals surface area contributed by atoms with Crippen LogP contribution in [0.2, 0.25) is 0 Å². The minimum Gasteiger partial charge on any atom is -0.755 e. The maximum absolute atomic E-state index is 12.1. The summed E-state index contributed by atoms with van der Waals surface area (Å²) in [5.74, 6) is 0. The average Bonchev–Trinajstić information content (AvgIpc) is 2.53. The predicted molar refractivity (Wildman–Crippen MR) is 85.9 cm³/mol. The maximum Gasteiger partial charge on any atom is 0.347 e. The highest BCUT2D eigenvalue weighted by Crippen LogP contribution is 2.31. The molecule has 1 aromatic heterocycles. The zero-order valence-corrected chi connectivity index (χ0v) is 12.5. The van der Waals surface area contributed by atoms with Crippen molar-refractivity contribution in [2.24, 2.45) is 0 Å². The Morgan fingerprint density at radius 2 is 1.87 bits per heavy atom. The summed E-state index contributed by atoms with van der Waals surface area (Å²) in [5, 5.41) is 0.542. The average molecular weight is 328 g/mol. The fourth-order valence-corrected chi connectivity index (χ4v) is 2.72. The lowest BCUT2D eigenvalue weighted by Crippen LogP contribution is -2.09. The third-order valence-corrected chi connectivity index (χ3v) is 3.73. The van der Waals surface area contributed by atoms with E-state index in [-0.39, 0.29) is 16.8 Å². The van der Waals surface area contributed by atoms with Crippen molar-refractivity contribution in [2.75, 3.05) is 4.72 Å². The van der Waals surface area contributed by atoms with Crippen LogP contribution in [0.25, 0.3) is 22.1 Å². The molecule has 0 aliphatic carbocycles. The van der Waals surface area contributed by atoms with Crippen LogP contribution in [-0.2, 0) is 11.3 Å². The number of nitrogens with one attached hydrogen (secondary N) is 1. The van der Waals surface area contributed by atoms with Gasteiger partial charge >= 0.3 is 5.63 Å². The second kappa shape index (κ2) is 6.15. The van der Waals surface area contributed by atoms with Gasteiger partial charge in [-0.3, -0.25) is 9.00 Å². The van der Waals surface area contributed by atoms with E-state index < -0.39 is 16.9 Å². The molecule has 1 atom stereocenters. The van der Waals surface area contributed by atoms with Crippen LogP contribution in [0.4, 0.5) is 5.69 Å². The molecule has 7 heteroatoms. The molecule has 0 fully saturated rings. The first-order valence-corrected chi connectivity index (χ1v) is 7.65. The first-order valence-electron chi connectivity index (χ1n) is 6.57. The number of hydrogen-bond donors (Lipinski definition) is 1. The predicted octanol–water partition coefficient (Wildman–Crippen LogP) is 2.48. The molecule has 3 rings (SSSR count). The summed E-state index contributed by atoms with van der Waals surface area (Å²) < 4.78 is 28.8. The molecule has 6 nitrogen and oxygen atoms in total. The van der Waals surface area contributed by atoms with Gasteiger partial charge in [-0.1, -0.05) is 30.3 Å². The SMILES string of the molecule is O=Cc1c(-c2ccccc2)c2ccc(NS(=O)[O-])cc2oc1=O. The minimum absolute atomic E-state index is 0.0724. The highest BCUT2D eigenvalue weighted by Gasteiger charge is 2.16. The van der Waals surface area contributed by atoms with E-state index in [2.05, 4.69) is 4.72 Å². The summed E-state index contributed by atoms with van der Waals surface area (Å²) in [7, 11) is 0. The smallest absolute Gasteiger partial charge is 0.347 e. The fourth-order valence-electron chi connectivity index (χ4n) is 2.40. The molecular weight excluding hydrogens is 318 g/mol. The zero-order chi connectivity index (χ0) is 16.4. The second-order valence-electron chi connectivity index (χ2n) is 4.71. The zero-order valence-electron chi connectivity index (χ0n) is 11.6.